The van der Waals surface area contributed by atoms with E-state index in [1.807, 2.05) is 32.0 Å². The van der Waals surface area contributed by atoms with Crippen molar-refractivity contribution in [2.75, 3.05) is 38.1 Å². The molecule has 0 spiro atoms. The summed E-state index contributed by atoms with van der Waals surface area (Å²) in [6, 6.07) is 14.2. The lowest BCUT2D eigenvalue weighted by atomic mass is 9.86. The van der Waals surface area contributed by atoms with E-state index in [4.69, 9.17) is 18.6 Å². The first kappa shape index (κ1) is 37.5. The maximum absolute atomic E-state index is 13.6. The van der Waals surface area contributed by atoms with E-state index in [2.05, 4.69) is 31.4 Å². The molecular formula is C37H46N4O9. The lowest BCUT2D eigenvalue weighted by molar-refractivity contribution is -0.134. The molecule has 0 bridgehead atoms. The maximum atomic E-state index is 13.6. The summed E-state index contributed by atoms with van der Waals surface area (Å²) >= 11 is 0. The monoisotopic (exact) mass is 690 g/mol. The summed E-state index contributed by atoms with van der Waals surface area (Å²) in [7, 11) is 0. The van der Waals surface area contributed by atoms with E-state index in [0.717, 1.165) is 5.56 Å². The number of benzene rings is 2. The number of carbonyl (C=O) groups is 5. The third-order valence-electron chi connectivity index (χ3n) is 7.91. The molecule has 50 heavy (non-hydrogen) atoms. The summed E-state index contributed by atoms with van der Waals surface area (Å²) < 4.78 is 22.3. The van der Waals surface area contributed by atoms with Crippen LogP contribution in [0.3, 0.4) is 0 Å². The number of carbonyl (C=O) groups excluding carboxylic acids is 5. The number of ether oxygens (including phenoxy) is 3. The predicted octanol–water partition coefficient (Wildman–Crippen LogP) is 5.40. The van der Waals surface area contributed by atoms with Crippen molar-refractivity contribution in [3.05, 3.63) is 72.2 Å². The molecular weight excluding hydrogens is 644 g/mol. The van der Waals surface area contributed by atoms with Gasteiger partial charge in [0.05, 0.1) is 12.0 Å². The van der Waals surface area contributed by atoms with Crippen molar-refractivity contribution >= 4 is 35.5 Å². The van der Waals surface area contributed by atoms with E-state index in [0.29, 0.717) is 12.2 Å². The zero-order valence-corrected chi connectivity index (χ0v) is 29.4. The van der Waals surface area contributed by atoms with E-state index < -0.39 is 29.9 Å². The van der Waals surface area contributed by atoms with Crippen molar-refractivity contribution in [1.82, 2.24) is 15.1 Å². The fraction of sp³-hybridized carbons (Fsp3) is 0.432. The minimum absolute atomic E-state index is 0.0195. The van der Waals surface area contributed by atoms with Crippen molar-refractivity contribution in [3.8, 4) is 17.2 Å². The highest BCUT2D eigenvalue weighted by Gasteiger charge is 2.29. The average Bonchev–Trinajstić information content (AvgIpc) is 3.63. The van der Waals surface area contributed by atoms with E-state index in [-0.39, 0.29) is 79.4 Å². The summed E-state index contributed by atoms with van der Waals surface area (Å²) in [4.78, 5) is 68.0. The smallest absolute Gasteiger partial charge is 0.415 e. The molecule has 4 rings (SSSR count). The normalized spacial score (nSPS) is 13.7. The molecule has 2 N–H and O–H groups in total. The minimum atomic E-state index is -0.954. The molecule has 0 radical (unpaired) electrons. The molecule has 2 heterocycles. The molecule has 1 fully saturated rings. The van der Waals surface area contributed by atoms with Gasteiger partial charge in [0, 0.05) is 32.6 Å². The lowest BCUT2D eigenvalue weighted by Crippen LogP contribution is -2.51. The van der Waals surface area contributed by atoms with Crippen LogP contribution in [0, 0.1) is 5.92 Å². The fourth-order valence-corrected chi connectivity index (χ4v) is 5.31. The molecule has 268 valence electrons. The first-order valence-electron chi connectivity index (χ1n) is 16.7. The van der Waals surface area contributed by atoms with Crippen LogP contribution in [0.15, 0.2) is 65.3 Å². The molecule has 2 aromatic carbocycles. The number of piperazine rings is 1. The maximum Gasteiger partial charge on any atom is 0.415 e. The number of nitrogens with one attached hydrogen (secondary N) is 2. The van der Waals surface area contributed by atoms with Crippen LogP contribution in [0.4, 0.5) is 10.5 Å². The van der Waals surface area contributed by atoms with Gasteiger partial charge in [0.15, 0.2) is 23.9 Å². The van der Waals surface area contributed by atoms with E-state index in [1.54, 1.807) is 30.0 Å². The Bertz CT molecular complexity index is 1660. The Balaban J connectivity index is 1.45. The Labute approximate surface area is 292 Å². The number of para-hydroxylation sites is 2. The van der Waals surface area contributed by atoms with Gasteiger partial charge >= 0.3 is 12.1 Å². The van der Waals surface area contributed by atoms with Gasteiger partial charge in [-0.2, -0.15) is 0 Å². The number of furan rings is 1. The fourth-order valence-electron chi connectivity index (χ4n) is 5.31. The van der Waals surface area contributed by atoms with Gasteiger partial charge < -0.3 is 39.1 Å². The molecule has 1 saturated heterocycles. The predicted molar refractivity (Wildman–Crippen MR) is 185 cm³/mol. The van der Waals surface area contributed by atoms with Crippen molar-refractivity contribution in [2.45, 2.75) is 65.8 Å². The van der Waals surface area contributed by atoms with E-state index in [1.165, 1.54) is 29.4 Å². The third kappa shape index (κ3) is 10.1. The Kier molecular flexibility index (Phi) is 12.6. The highest BCUT2D eigenvalue weighted by Crippen LogP contribution is 2.37. The highest BCUT2D eigenvalue weighted by molar-refractivity contribution is 5.99. The number of rotatable bonds is 12. The number of nitrogens with zero attached hydrogens (tertiary/aromatic N) is 2. The van der Waals surface area contributed by atoms with Crippen LogP contribution in [0.25, 0.3) is 0 Å². The van der Waals surface area contributed by atoms with E-state index in [9.17, 15) is 24.0 Å². The lowest BCUT2D eigenvalue weighted by Gasteiger charge is -2.33. The molecule has 1 aromatic heterocycles. The van der Waals surface area contributed by atoms with Gasteiger partial charge in [0.2, 0.25) is 5.91 Å². The number of anilines is 1. The molecule has 1 aliphatic rings. The molecule has 4 amide bonds. The Morgan fingerprint density at radius 1 is 0.860 bits per heavy atom. The number of esters is 1. The van der Waals surface area contributed by atoms with Gasteiger partial charge in [-0.25, -0.2) is 4.79 Å². The Morgan fingerprint density at radius 2 is 1.54 bits per heavy atom. The standard InChI is InChI=1S/C37H46N4O9/c1-7-32(43)50-33-26(13-10-15-29(33)49-36(46)41-19-17-40(18-20-41)35(45)30-16-11-21-47-30)39-34(44)27(22-24(2)3)38-31(42)23-48-28-14-9-8-12-25(28)37(4,5)6/h8-16,21,24,27H,7,17-20,22-23H2,1-6H3,(H,38,42)(H,39,44)/t27-/m0/s1. The quantitative estimate of drug-likeness (QED) is 0.188. The molecule has 0 saturated carbocycles. The van der Waals surface area contributed by atoms with Gasteiger partial charge in [-0.15, -0.1) is 0 Å². The third-order valence-corrected chi connectivity index (χ3v) is 7.91. The minimum Gasteiger partial charge on any atom is -0.483 e. The topological polar surface area (TPSA) is 157 Å². The molecule has 13 heteroatoms. The Hall–Kier alpha value is -5.33. The van der Waals surface area contributed by atoms with Crippen molar-refractivity contribution in [2.24, 2.45) is 5.92 Å². The van der Waals surface area contributed by atoms with Crippen LogP contribution >= 0.6 is 0 Å². The second-order valence-corrected chi connectivity index (χ2v) is 13.4. The van der Waals surface area contributed by atoms with Crippen molar-refractivity contribution in [1.29, 1.82) is 0 Å². The van der Waals surface area contributed by atoms with Crippen LogP contribution in [0.5, 0.6) is 17.2 Å². The van der Waals surface area contributed by atoms with Crippen LogP contribution in [0.1, 0.15) is 70.5 Å². The van der Waals surface area contributed by atoms with E-state index >= 15 is 0 Å². The summed E-state index contributed by atoms with van der Waals surface area (Å²) in [5.41, 5.74) is 0.821. The number of hydrogen-bond acceptors (Lipinski definition) is 9. The number of hydrogen-bond donors (Lipinski definition) is 2. The first-order chi connectivity index (χ1) is 23.8. The van der Waals surface area contributed by atoms with Crippen LogP contribution < -0.4 is 24.8 Å². The second kappa shape index (κ2) is 16.9. The van der Waals surface area contributed by atoms with Gasteiger partial charge in [-0.3, -0.25) is 19.2 Å². The van der Waals surface area contributed by atoms with Gasteiger partial charge in [-0.05, 0) is 53.6 Å². The SMILES string of the molecule is CCC(=O)Oc1c(NC(=O)[C@H](CC(C)C)NC(=O)COc2ccccc2C(C)(C)C)cccc1OC(=O)N1CCN(C(=O)c2ccco2)CC1. The van der Waals surface area contributed by atoms with Gasteiger partial charge in [0.1, 0.15) is 11.8 Å². The molecule has 3 aromatic rings. The summed E-state index contributed by atoms with van der Waals surface area (Å²) in [5.74, 6) is -1.33. The van der Waals surface area contributed by atoms with Crippen LogP contribution in [-0.2, 0) is 19.8 Å². The summed E-state index contributed by atoms with van der Waals surface area (Å²) in [5, 5.41) is 5.52. The molecule has 1 aliphatic heterocycles. The van der Waals surface area contributed by atoms with Crippen molar-refractivity contribution in [3.63, 3.8) is 0 Å². The largest absolute Gasteiger partial charge is 0.483 e. The van der Waals surface area contributed by atoms with Crippen molar-refractivity contribution < 1.29 is 42.6 Å². The van der Waals surface area contributed by atoms with Crippen LogP contribution in [0.2, 0.25) is 0 Å². The first-order valence-corrected chi connectivity index (χ1v) is 16.7. The molecule has 0 unspecified atom stereocenters. The summed E-state index contributed by atoms with van der Waals surface area (Å²) in [6.07, 6.45) is 1.03. The molecule has 13 nitrogen and oxygen atoms in total. The van der Waals surface area contributed by atoms with Gasteiger partial charge in [0.25, 0.3) is 11.8 Å². The van der Waals surface area contributed by atoms with Crippen LogP contribution in [-0.4, -0.2) is 78.4 Å². The summed E-state index contributed by atoms with van der Waals surface area (Å²) in [6.45, 7) is 12.2. The zero-order chi connectivity index (χ0) is 36.4. The highest BCUT2D eigenvalue weighted by atomic mass is 16.6. The zero-order valence-electron chi connectivity index (χ0n) is 29.4. The molecule has 1 atom stereocenters. The second-order valence-electron chi connectivity index (χ2n) is 13.4. The number of amides is 4. The average molecular weight is 691 g/mol. The Morgan fingerprint density at radius 3 is 2.18 bits per heavy atom. The molecule has 0 aliphatic carbocycles. The van der Waals surface area contributed by atoms with Gasteiger partial charge in [-0.1, -0.05) is 65.8 Å².